The Kier molecular flexibility index (Phi) is 2.48. The zero-order valence-corrected chi connectivity index (χ0v) is 10.1. The summed E-state index contributed by atoms with van der Waals surface area (Å²) in [6, 6.07) is 0. The van der Waals surface area contributed by atoms with E-state index in [9.17, 15) is 4.79 Å². The molecule has 2 rings (SSSR count). The Bertz CT molecular complexity index is 400. The first-order chi connectivity index (χ1) is 7.38. The van der Waals surface area contributed by atoms with E-state index in [1.807, 2.05) is 25.7 Å². The second-order valence-corrected chi connectivity index (χ2v) is 5.34. The molecule has 0 N–H and O–H groups in total. The van der Waals surface area contributed by atoms with E-state index < -0.39 is 0 Å². The van der Waals surface area contributed by atoms with E-state index in [0.717, 1.165) is 0 Å². The molecule has 1 aliphatic heterocycles. The van der Waals surface area contributed by atoms with Crippen LogP contribution in [0.3, 0.4) is 0 Å². The molecule has 1 amide bonds. The van der Waals surface area contributed by atoms with Crippen molar-refractivity contribution in [2.24, 2.45) is 5.41 Å². The number of nitrogens with zero attached hydrogens (tertiary/aromatic N) is 3. The number of hydrogen-bond acceptors (Lipinski definition) is 4. The fraction of sp³-hybridized carbons (Fsp3) is 0.727. The van der Waals surface area contributed by atoms with Gasteiger partial charge in [-0.25, -0.2) is 0 Å². The molecule has 1 aromatic rings. The molecule has 1 aromatic heterocycles. The Morgan fingerprint density at radius 2 is 2.06 bits per heavy atom. The summed E-state index contributed by atoms with van der Waals surface area (Å²) in [6.07, 6.45) is 0. The number of likely N-dealkylation sites (tertiary alicyclic amines) is 1. The maximum atomic E-state index is 11.9. The predicted octanol–water partition coefficient (Wildman–Crippen LogP) is 1.35. The van der Waals surface area contributed by atoms with Crippen molar-refractivity contribution in [1.82, 2.24) is 15.0 Å². The van der Waals surface area contributed by atoms with Crippen molar-refractivity contribution < 1.29 is 9.32 Å². The van der Waals surface area contributed by atoms with Crippen LogP contribution in [-0.2, 0) is 4.79 Å². The second kappa shape index (κ2) is 3.57. The number of hydrogen-bond donors (Lipinski definition) is 0. The third kappa shape index (κ3) is 1.94. The average Bonchev–Trinajstić information content (AvgIpc) is 2.47. The van der Waals surface area contributed by atoms with Gasteiger partial charge in [-0.15, -0.1) is 0 Å². The molecule has 2 heterocycles. The molecule has 16 heavy (non-hydrogen) atoms. The molecule has 5 heteroatoms. The van der Waals surface area contributed by atoms with E-state index in [2.05, 4.69) is 10.1 Å². The second-order valence-electron chi connectivity index (χ2n) is 5.34. The number of rotatable bonds is 1. The Balaban J connectivity index is 1.93. The lowest BCUT2D eigenvalue weighted by Crippen LogP contribution is -2.52. The van der Waals surface area contributed by atoms with Crippen LogP contribution in [0.15, 0.2) is 4.52 Å². The molecule has 0 spiro atoms. The largest absolute Gasteiger partial charge is 0.341 e. The normalized spacial score (nSPS) is 17.4. The number of aryl methyl sites for hydroxylation is 1. The fourth-order valence-corrected chi connectivity index (χ4v) is 1.75. The van der Waals surface area contributed by atoms with Crippen molar-refractivity contribution in [2.75, 3.05) is 13.1 Å². The summed E-state index contributed by atoms with van der Waals surface area (Å²) in [5, 5.41) is 3.75. The Labute approximate surface area is 94.8 Å². The smallest absolute Gasteiger partial charge is 0.233 e. The first-order valence-corrected chi connectivity index (χ1v) is 5.47. The lowest BCUT2D eigenvalue weighted by molar-refractivity contribution is -0.144. The minimum absolute atomic E-state index is 0.181. The van der Waals surface area contributed by atoms with Crippen LogP contribution in [0.4, 0.5) is 0 Å². The molecule has 1 fully saturated rings. The average molecular weight is 223 g/mol. The molecule has 0 atom stereocenters. The Morgan fingerprint density at radius 3 is 2.50 bits per heavy atom. The van der Waals surface area contributed by atoms with Gasteiger partial charge in [0.1, 0.15) is 0 Å². The molecule has 0 radical (unpaired) electrons. The minimum atomic E-state index is -0.310. The third-order valence-electron chi connectivity index (χ3n) is 2.70. The van der Waals surface area contributed by atoms with E-state index in [-0.39, 0.29) is 17.2 Å². The SMILES string of the molecule is Cc1noc(C2CN(C(=O)C(C)(C)C)C2)n1. The standard InChI is InChI=1S/C11H17N3O2/c1-7-12-9(16-13-7)8-5-14(6-8)10(15)11(2,3)4/h8H,5-6H2,1-4H3. The van der Waals surface area contributed by atoms with Gasteiger partial charge in [-0.1, -0.05) is 25.9 Å². The number of aromatic nitrogens is 2. The van der Waals surface area contributed by atoms with Crippen molar-refractivity contribution in [3.63, 3.8) is 0 Å². The van der Waals surface area contributed by atoms with Crippen LogP contribution in [0.1, 0.15) is 38.4 Å². The van der Waals surface area contributed by atoms with Crippen LogP contribution >= 0.6 is 0 Å². The summed E-state index contributed by atoms with van der Waals surface area (Å²) in [5.41, 5.74) is -0.310. The van der Waals surface area contributed by atoms with Crippen molar-refractivity contribution in [1.29, 1.82) is 0 Å². The monoisotopic (exact) mass is 223 g/mol. The Morgan fingerprint density at radius 1 is 1.44 bits per heavy atom. The highest BCUT2D eigenvalue weighted by atomic mass is 16.5. The van der Waals surface area contributed by atoms with E-state index in [1.54, 1.807) is 6.92 Å². The number of carbonyl (C=O) groups is 1. The summed E-state index contributed by atoms with van der Waals surface area (Å²) in [7, 11) is 0. The summed E-state index contributed by atoms with van der Waals surface area (Å²) < 4.78 is 5.08. The van der Waals surface area contributed by atoms with Gasteiger partial charge in [-0.2, -0.15) is 4.98 Å². The molecule has 0 bridgehead atoms. The highest BCUT2D eigenvalue weighted by Crippen LogP contribution is 2.29. The molecule has 0 saturated carbocycles. The van der Waals surface area contributed by atoms with Crippen LogP contribution in [0, 0.1) is 12.3 Å². The van der Waals surface area contributed by atoms with Gasteiger partial charge >= 0.3 is 0 Å². The first kappa shape index (κ1) is 11.1. The molecule has 0 aromatic carbocycles. The van der Waals surface area contributed by atoms with Gasteiger partial charge in [0.15, 0.2) is 5.82 Å². The van der Waals surface area contributed by atoms with E-state index >= 15 is 0 Å². The molecule has 5 nitrogen and oxygen atoms in total. The van der Waals surface area contributed by atoms with Gasteiger partial charge in [-0.05, 0) is 6.92 Å². The number of carbonyl (C=O) groups excluding carboxylic acids is 1. The van der Waals surface area contributed by atoms with Gasteiger partial charge in [0.2, 0.25) is 11.8 Å². The van der Waals surface area contributed by atoms with Crippen LogP contribution < -0.4 is 0 Å². The summed E-state index contributed by atoms with van der Waals surface area (Å²) in [4.78, 5) is 17.9. The van der Waals surface area contributed by atoms with Crippen LogP contribution in [0.25, 0.3) is 0 Å². The van der Waals surface area contributed by atoms with Gasteiger partial charge in [-0.3, -0.25) is 4.79 Å². The first-order valence-electron chi connectivity index (χ1n) is 5.47. The zero-order chi connectivity index (χ0) is 11.9. The van der Waals surface area contributed by atoms with Crippen molar-refractivity contribution in [3.8, 4) is 0 Å². The lowest BCUT2D eigenvalue weighted by Gasteiger charge is -2.40. The molecule has 0 unspecified atom stereocenters. The lowest BCUT2D eigenvalue weighted by atomic mass is 9.90. The molecule has 1 aliphatic rings. The van der Waals surface area contributed by atoms with Crippen molar-refractivity contribution in [2.45, 2.75) is 33.6 Å². The van der Waals surface area contributed by atoms with E-state index in [1.165, 1.54) is 0 Å². The van der Waals surface area contributed by atoms with Gasteiger partial charge in [0.25, 0.3) is 0 Å². The molecule has 0 aliphatic carbocycles. The predicted molar refractivity (Wildman–Crippen MR) is 57.8 cm³/mol. The summed E-state index contributed by atoms with van der Waals surface area (Å²) >= 11 is 0. The number of amides is 1. The van der Waals surface area contributed by atoms with Crippen LogP contribution in [0.2, 0.25) is 0 Å². The van der Waals surface area contributed by atoms with Crippen LogP contribution in [-0.4, -0.2) is 34.0 Å². The maximum Gasteiger partial charge on any atom is 0.233 e. The van der Waals surface area contributed by atoms with Crippen molar-refractivity contribution >= 4 is 5.91 Å². The maximum absolute atomic E-state index is 11.9. The van der Waals surface area contributed by atoms with E-state index in [4.69, 9.17) is 4.52 Å². The zero-order valence-electron chi connectivity index (χ0n) is 10.1. The highest BCUT2D eigenvalue weighted by molar-refractivity contribution is 5.82. The summed E-state index contributed by atoms with van der Waals surface area (Å²) in [5.74, 6) is 1.69. The highest BCUT2D eigenvalue weighted by Gasteiger charge is 2.39. The van der Waals surface area contributed by atoms with Crippen molar-refractivity contribution in [3.05, 3.63) is 11.7 Å². The topological polar surface area (TPSA) is 59.2 Å². The molecule has 1 saturated heterocycles. The van der Waals surface area contributed by atoms with Gasteiger partial charge < -0.3 is 9.42 Å². The quantitative estimate of drug-likeness (QED) is 0.721. The molecular formula is C11H17N3O2. The van der Waals surface area contributed by atoms with Gasteiger partial charge in [0.05, 0.1) is 5.92 Å². The molecule has 88 valence electrons. The summed E-state index contributed by atoms with van der Waals surface area (Å²) in [6.45, 7) is 8.97. The fourth-order valence-electron chi connectivity index (χ4n) is 1.75. The van der Waals surface area contributed by atoms with E-state index in [0.29, 0.717) is 24.8 Å². The Hall–Kier alpha value is -1.39. The van der Waals surface area contributed by atoms with Gasteiger partial charge in [0, 0.05) is 18.5 Å². The third-order valence-corrected chi connectivity index (χ3v) is 2.70. The van der Waals surface area contributed by atoms with Crippen LogP contribution in [0.5, 0.6) is 0 Å². The minimum Gasteiger partial charge on any atom is -0.341 e. The molecular weight excluding hydrogens is 206 g/mol.